The lowest BCUT2D eigenvalue weighted by atomic mass is 10.2. The van der Waals surface area contributed by atoms with Crippen molar-refractivity contribution in [3.8, 4) is 0 Å². The molecule has 0 bridgehead atoms. The van der Waals surface area contributed by atoms with Gasteiger partial charge in [-0.2, -0.15) is 5.06 Å². The molecule has 0 spiro atoms. The zero-order valence-electron chi connectivity index (χ0n) is 9.18. The lowest BCUT2D eigenvalue weighted by Gasteiger charge is -2.16. The van der Waals surface area contributed by atoms with Crippen LogP contribution >= 0.6 is 23.2 Å². The third kappa shape index (κ3) is 2.64. The summed E-state index contributed by atoms with van der Waals surface area (Å²) in [5.41, 5.74) is 0.508. The Morgan fingerprint density at radius 3 is 2.39 bits per heavy atom. The predicted octanol–water partition coefficient (Wildman–Crippen LogP) is 4.03. The molecule has 18 heavy (non-hydrogen) atoms. The van der Waals surface area contributed by atoms with Gasteiger partial charge in [0.05, 0.1) is 10.7 Å². The van der Waals surface area contributed by atoms with Crippen molar-refractivity contribution in [2.45, 2.75) is 0 Å². The molecule has 3 nitrogen and oxygen atoms in total. The van der Waals surface area contributed by atoms with E-state index in [4.69, 9.17) is 23.2 Å². The molecule has 0 saturated heterocycles. The van der Waals surface area contributed by atoms with Crippen molar-refractivity contribution in [2.24, 2.45) is 0 Å². The van der Waals surface area contributed by atoms with Crippen molar-refractivity contribution < 1.29 is 10.0 Å². The average molecular weight is 282 g/mol. The molecule has 1 amide bonds. The first kappa shape index (κ1) is 12.9. The molecule has 92 valence electrons. The largest absolute Gasteiger partial charge is 0.282 e. The minimum Gasteiger partial charge on any atom is -0.281 e. The summed E-state index contributed by atoms with van der Waals surface area (Å²) < 4.78 is 0. The predicted molar refractivity (Wildman–Crippen MR) is 71.5 cm³/mol. The van der Waals surface area contributed by atoms with Gasteiger partial charge in [-0.3, -0.25) is 10.0 Å². The third-order valence-electron chi connectivity index (χ3n) is 2.35. The molecule has 0 aliphatic heterocycles. The monoisotopic (exact) mass is 281 g/mol. The molecule has 0 aromatic heterocycles. The average Bonchev–Trinajstić information content (AvgIpc) is 2.41. The van der Waals surface area contributed by atoms with E-state index >= 15 is 0 Å². The van der Waals surface area contributed by atoms with Gasteiger partial charge < -0.3 is 0 Å². The van der Waals surface area contributed by atoms with Crippen LogP contribution in [0.3, 0.4) is 0 Å². The molecule has 0 aliphatic rings. The van der Waals surface area contributed by atoms with Gasteiger partial charge in [0.1, 0.15) is 0 Å². The van der Waals surface area contributed by atoms with Crippen LogP contribution in [0.1, 0.15) is 10.4 Å². The molecule has 0 atom stereocenters. The highest BCUT2D eigenvalue weighted by Gasteiger charge is 2.18. The van der Waals surface area contributed by atoms with Crippen molar-refractivity contribution in [3.63, 3.8) is 0 Å². The fraction of sp³-hybridized carbons (Fsp3) is 0. The second kappa shape index (κ2) is 5.40. The number of amides is 1. The van der Waals surface area contributed by atoms with E-state index in [0.717, 1.165) is 0 Å². The van der Waals surface area contributed by atoms with Crippen molar-refractivity contribution in [1.29, 1.82) is 0 Å². The van der Waals surface area contributed by atoms with E-state index in [9.17, 15) is 10.0 Å². The Kier molecular flexibility index (Phi) is 3.87. The second-order valence-electron chi connectivity index (χ2n) is 3.58. The van der Waals surface area contributed by atoms with Gasteiger partial charge in [0, 0.05) is 10.6 Å². The number of carbonyl (C=O) groups excluding carboxylic acids is 1. The number of hydrogen-bond donors (Lipinski definition) is 1. The first-order chi connectivity index (χ1) is 8.59. The van der Waals surface area contributed by atoms with Crippen LogP contribution in [0, 0.1) is 0 Å². The van der Waals surface area contributed by atoms with E-state index in [1.165, 1.54) is 12.1 Å². The topological polar surface area (TPSA) is 40.5 Å². The molecular weight excluding hydrogens is 273 g/mol. The number of hydrogen-bond acceptors (Lipinski definition) is 2. The lowest BCUT2D eigenvalue weighted by molar-refractivity contribution is 0.0855. The maximum absolute atomic E-state index is 12.0. The van der Waals surface area contributed by atoms with Gasteiger partial charge in [-0.15, -0.1) is 0 Å². The standard InChI is InChI=1S/C13H9Cl2NO2/c14-10-6-7-11(15)12(8-10)16(18)13(17)9-4-2-1-3-5-9/h1-8,18H. The van der Waals surface area contributed by atoms with E-state index in [0.29, 0.717) is 15.6 Å². The van der Waals surface area contributed by atoms with Gasteiger partial charge in [0.2, 0.25) is 0 Å². The zero-order valence-corrected chi connectivity index (χ0v) is 10.7. The summed E-state index contributed by atoms with van der Waals surface area (Å²) in [6.45, 7) is 0. The number of anilines is 1. The minimum atomic E-state index is -0.570. The summed E-state index contributed by atoms with van der Waals surface area (Å²) in [7, 11) is 0. The first-order valence-corrected chi connectivity index (χ1v) is 5.88. The number of nitrogens with zero attached hydrogens (tertiary/aromatic N) is 1. The van der Waals surface area contributed by atoms with Gasteiger partial charge in [-0.25, -0.2) is 0 Å². The Hall–Kier alpha value is -1.55. The summed E-state index contributed by atoms with van der Waals surface area (Å²) in [5, 5.41) is 11.0. The molecule has 2 rings (SSSR count). The number of halogens is 2. The Morgan fingerprint density at radius 2 is 1.72 bits per heavy atom. The van der Waals surface area contributed by atoms with Crippen LogP contribution in [0.25, 0.3) is 0 Å². The first-order valence-electron chi connectivity index (χ1n) is 5.13. The molecule has 2 aromatic carbocycles. The highest BCUT2D eigenvalue weighted by atomic mass is 35.5. The molecule has 0 unspecified atom stereocenters. The normalized spacial score (nSPS) is 10.2. The van der Waals surface area contributed by atoms with Crippen molar-refractivity contribution in [1.82, 2.24) is 0 Å². The van der Waals surface area contributed by atoms with Gasteiger partial charge in [0.15, 0.2) is 0 Å². The Balaban J connectivity index is 2.34. The fourth-order valence-corrected chi connectivity index (χ4v) is 1.82. The number of benzene rings is 2. The fourth-order valence-electron chi connectivity index (χ4n) is 1.46. The Labute approximate surface area is 114 Å². The maximum atomic E-state index is 12.0. The minimum absolute atomic E-state index is 0.151. The van der Waals surface area contributed by atoms with Gasteiger partial charge in [0.25, 0.3) is 5.91 Å². The van der Waals surface area contributed by atoms with Crippen LogP contribution in [0.5, 0.6) is 0 Å². The maximum Gasteiger partial charge on any atom is 0.282 e. The quantitative estimate of drug-likeness (QED) is 0.667. The van der Waals surface area contributed by atoms with E-state index in [1.54, 1.807) is 36.4 Å². The molecule has 0 heterocycles. The van der Waals surface area contributed by atoms with Crippen LogP contribution in [0.15, 0.2) is 48.5 Å². The molecule has 0 radical (unpaired) electrons. The molecule has 0 saturated carbocycles. The van der Waals surface area contributed by atoms with Gasteiger partial charge in [-0.1, -0.05) is 41.4 Å². The molecule has 5 heteroatoms. The molecule has 1 N–H and O–H groups in total. The summed E-state index contributed by atoms with van der Waals surface area (Å²) in [6.07, 6.45) is 0. The van der Waals surface area contributed by atoms with E-state index < -0.39 is 5.91 Å². The Morgan fingerprint density at radius 1 is 1.06 bits per heavy atom. The van der Waals surface area contributed by atoms with Gasteiger partial charge in [-0.05, 0) is 30.3 Å². The molecule has 0 fully saturated rings. The lowest BCUT2D eigenvalue weighted by Crippen LogP contribution is -2.27. The second-order valence-corrected chi connectivity index (χ2v) is 4.42. The highest BCUT2D eigenvalue weighted by Crippen LogP contribution is 2.28. The smallest absolute Gasteiger partial charge is 0.281 e. The van der Waals surface area contributed by atoms with Crippen LogP contribution in [0.2, 0.25) is 10.0 Å². The number of hydroxylamine groups is 1. The van der Waals surface area contributed by atoms with Crippen molar-refractivity contribution in [2.75, 3.05) is 5.06 Å². The van der Waals surface area contributed by atoms with E-state index in [2.05, 4.69) is 0 Å². The summed E-state index contributed by atoms with van der Waals surface area (Å²) in [4.78, 5) is 12.0. The Bertz CT molecular complexity index is 572. The van der Waals surface area contributed by atoms with Crippen LogP contribution in [0.4, 0.5) is 5.69 Å². The number of carbonyl (C=O) groups is 1. The number of rotatable bonds is 2. The van der Waals surface area contributed by atoms with Crippen molar-refractivity contribution in [3.05, 3.63) is 64.1 Å². The van der Waals surface area contributed by atoms with Crippen LogP contribution in [-0.4, -0.2) is 11.1 Å². The SMILES string of the molecule is O=C(c1ccccc1)N(O)c1cc(Cl)ccc1Cl. The van der Waals surface area contributed by atoms with E-state index in [1.807, 2.05) is 0 Å². The van der Waals surface area contributed by atoms with E-state index in [-0.39, 0.29) is 10.7 Å². The van der Waals surface area contributed by atoms with Crippen LogP contribution in [-0.2, 0) is 0 Å². The van der Waals surface area contributed by atoms with Crippen LogP contribution < -0.4 is 5.06 Å². The molecule has 2 aromatic rings. The summed E-state index contributed by atoms with van der Waals surface area (Å²) in [6, 6.07) is 12.9. The summed E-state index contributed by atoms with van der Waals surface area (Å²) in [5.74, 6) is -0.570. The third-order valence-corrected chi connectivity index (χ3v) is 2.90. The zero-order chi connectivity index (χ0) is 13.1. The van der Waals surface area contributed by atoms with Gasteiger partial charge >= 0.3 is 0 Å². The molecular formula is C13H9Cl2NO2. The van der Waals surface area contributed by atoms with Crippen molar-refractivity contribution >= 4 is 34.8 Å². The summed E-state index contributed by atoms with van der Waals surface area (Å²) >= 11 is 11.7. The highest BCUT2D eigenvalue weighted by molar-refractivity contribution is 6.35. The molecule has 0 aliphatic carbocycles.